The second kappa shape index (κ2) is 4.07. The Balaban J connectivity index is 0.00000128. The predicted octanol–water partition coefficient (Wildman–Crippen LogP) is 2.35. The fraction of sp³-hybridized carbons (Fsp3) is 1.00. The molecule has 1 unspecified atom stereocenters. The van der Waals surface area contributed by atoms with Crippen LogP contribution in [0.2, 0.25) is 0 Å². The zero-order valence-electron chi connectivity index (χ0n) is 9.72. The number of hydrogen-bond donors (Lipinski definition) is 2. The van der Waals surface area contributed by atoms with Crippen molar-refractivity contribution in [1.82, 2.24) is 5.32 Å². The maximum Gasteiger partial charge on any atom is 0.247 e. The molecule has 2 N–H and O–H groups in total. The summed E-state index contributed by atoms with van der Waals surface area (Å²) in [6, 6.07) is 0. The van der Waals surface area contributed by atoms with Crippen molar-refractivity contribution >= 4 is 12.4 Å². The minimum absolute atomic E-state index is 0. The highest BCUT2D eigenvalue weighted by atomic mass is 35.5. The number of nitrogens with one attached hydrogen (secondary N) is 1. The van der Waals surface area contributed by atoms with E-state index in [4.69, 9.17) is 0 Å². The van der Waals surface area contributed by atoms with E-state index in [-0.39, 0.29) is 17.9 Å². The zero-order chi connectivity index (χ0) is 11.3. The van der Waals surface area contributed by atoms with Gasteiger partial charge in [0.1, 0.15) is 0 Å². The van der Waals surface area contributed by atoms with Crippen LogP contribution < -0.4 is 5.32 Å². The summed E-state index contributed by atoms with van der Waals surface area (Å²) < 4.78 is 26.5. The molecule has 5 heteroatoms. The van der Waals surface area contributed by atoms with Gasteiger partial charge in [-0.3, -0.25) is 0 Å². The molecule has 2 nitrogen and oxygen atoms in total. The monoisotopic (exact) mass is 255 g/mol. The Kier molecular flexibility index (Phi) is 3.60. The first-order chi connectivity index (χ1) is 6.81. The average Bonchev–Trinajstić information content (AvgIpc) is 2.82. The Morgan fingerprint density at radius 3 is 2.19 bits per heavy atom. The topological polar surface area (TPSA) is 32.3 Å². The molecule has 0 aromatic carbocycles. The van der Waals surface area contributed by atoms with E-state index >= 15 is 0 Å². The highest BCUT2D eigenvalue weighted by molar-refractivity contribution is 5.85. The first-order valence-electron chi connectivity index (χ1n) is 5.57. The lowest BCUT2D eigenvalue weighted by molar-refractivity contribution is -0.162. The second-order valence-corrected chi connectivity index (χ2v) is 5.65. The molecule has 2 rings (SSSR count). The number of hydrogen-bond acceptors (Lipinski definition) is 2. The van der Waals surface area contributed by atoms with Crippen molar-refractivity contribution in [3.8, 4) is 0 Å². The Bertz CT molecular complexity index is 263. The fourth-order valence-corrected chi connectivity index (χ4v) is 2.79. The minimum Gasteiger partial charge on any atom is -0.390 e. The van der Waals surface area contributed by atoms with Crippen LogP contribution in [0.15, 0.2) is 0 Å². The Labute approximate surface area is 101 Å². The number of piperidine rings is 1. The van der Waals surface area contributed by atoms with Crippen molar-refractivity contribution < 1.29 is 13.9 Å². The molecule has 1 atom stereocenters. The summed E-state index contributed by atoms with van der Waals surface area (Å²) in [7, 11) is 0. The standard InChI is InChI=1S/C11H19F2NO.ClH/c1-9(2,15)11(8(12)13)5-6-14-10(7-11)3-4-10;/h8,14-15H,3-7H2,1-2H3;1H. The third-order valence-corrected chi connectivity index (χ3v) is 4.21. The lowest BCUT2D eigenvalue weighted by atomic mass is 9.65. The van der Waals surface area contributed by atoms with Gasteiger partial charge >= 0.3 is 0 Å². The smallest absolute Gasteiger partial charge is 0.247 e. The lowest BCUT2D eigenvalue weighted by Gasteiger charge is -2.48. The third kappa shape index (κ3) is 2.07. The molecule has 16 heavy (non-hydrogen) atoms. The number of alkyl halides is 2. The molecule has 0 aromatic rings. The van der Waals surface area contributed by atoms with Crippen LogP contribution in [0.1, 0.15) is 39.5 Å². The second-order valence-electron chi connectivity index (χ2n) is 5.65. The van der Waals surface area contributed by atoms with Crippen LogP contribution in [-0.4, -0.2) is 29.2 Å². The minimum atomic E-state index is -2.45. The van der Waals surface area contributed by atoms with E-state index in [0.717, 1.165) is 12.8 Å². The summed E-state index contributed by atoms with van der Waals surface area (Å²) in [6.07, 6.45) is 0.253. The van der Waals surface area contributed by atoms with E-state index in [0.29, 0.717) is 19.4 Å². The maximum atomic E-state index is 13.3. The molecule has 1 spiro atoms. The van der Waals surface area contributed by atoms with Crippen molar-refractivity contribution in [2.75, 3.05) is 6.54 Å². The van der Waals surface area contributed by atoms with Crippen molar-refractivity contribution in [2.45, 2.75) is 57.1 Å². The molecule has 0 radical (unpaired) electrons. The van der Waals surface area contributed by atoms with Crippen LogP contribution in [0, 0.1) is 5.41 Å². The number of halogens is 3. The van der Waals surface area contributed by atoms with Gasteiger partial charge in [-0.05, 0) is 46.1 Å². The van der Waals surface area contributed by atoms with E-state index in [1.165, 1.54) is 13.8 Å². The summed E-state index contributed by atoms with van der Waals surface area (Å²) in [6.45, 7) is 3.62. The fourth-order valence-electron chi connectivity index (χ4n) is 2.79. The van der Waals surface area contributed by atoms with Gasteiger partial charge in [-0.2, -0.15) is 0 Å². The molecule has 2 fully saturated rings. The molecule has 96 valence electrons. The lowest BCUT2D eigenvalue weighted by Crippen LogP contribution is -2.58. The van der Waals surface area contributed by atoms with Crippen LogP contribution in [0.25, 0.3) is 0 Å². The van der Waals surface area contributed by atoms with E-state index < -0.39 is 17.4 Å². The highest BCUT2D eigenvalue weighted by Crippen LogP contribution is 2.55. The third-order valence-electron chi connectivity index (χ3n) is 4.21. The SMILES string of the molecule is CC(C)(O)C1(C(F)F)CCNC2(CC2)C1.Cl. The summed E-state index contributed by atoms with van der Waals surface area (Å²) in [5.74, 6) is 0. The van der Waals surface area contributed by atoms with E-state index in [2.05, 4.69) is 5.32 Å². The van der Waals surface area contributed by atoms with Crippen LogP contribution >= 0.6 is 12.4 Å². The summed E-state index contributed by atoms with van der Waals surface area (Å²) >= 11 is 0. The number of rotatable bonds is 2. The summed E-state index contributed by atoms with van der Waals surface area (Å²) in [5, 5.41) is 13.3. The van der Waals surface area contributed by atoms with Crippen molar-refractivity contribution in [3.63, 3.8) is 0 Å². The molecule has 1 aliphatic heterocycles. The van der Waals surface area contributed by atoms with Gasteiger partial charge in [0.25, 0.3) is 0 Å². The Hall–Kier alpha value is 0.0700. The number of aliphatic hydroxyl groups is 1. The molecule has 1 saturated carbocycles. The van der Waals surface area contributed by atoms with Gasteiger partial charge in [-0.1, -0.05) is 0 Å². The van der Waals surface area contributed by atoms with Crippen LogP contribution in [0.5, 0.6) is 0 Å². The van der Waals surface area contributed by atoms with E-state index in [1.807, 2.05) is 0 Å². The van der Waals surface area contributed by atoms with Crippen molar-refractivity contribution in [2.24, 2.45) is 5.41 Å². The molecule has 1 heterocycles. The predicted molar refractivity (Wildman–Crippen MR) is 61.2 cm³/mol. The molecule has 2 aliphatic rings. The molecule has 1 aliphatic carbocycles. The van der Waals surface area contributed by atoms with Crippen molar-refractivity contribution in [3.05, 3.63) is 0 Å². The molecule has 0 amide bonds. The van der Waals surface area contributed by atoms with Crippen LogP contribution in [0.4, 0.5) is 8.78 Å². The van der Waals surface area contributed by atoms with Gasteiger partial charge in [0, 0.05) is 5.54 Å². The summed E-state index contributed by atoms with van der Waals surface area (Å²) in [5.41, 5.74) is -2.62. The van der Waals surface area contributed by atoms with Gasteiger partial charge in [0.2, 0.25) is 6.43 Å². The van der Waals surface area contributed by atoms with Gasteiger partial charge in [0.05, 0.1) is 11.0 Å². The van der Waals surface area contributed by atoms with E-state index in [9.17, 15) is 13.9 Å². The summed E-state index contributed by atoms with van der Waals surface area (Å²) in [4.78, 5) is 0. The van der Waals surface area contributed by atoms with Gasteiger partial charge in [0.15, 0.2) is 0 Å². The highest BCUT2D eigenvalue weighted by Gasteiger charge is 2.60. The normalized spacial score (nSPS) is 32.6. The first kappa shape index (κ1) is 14.1. The largest absolute Gasteiger partial charge is 0.390 e. The van der Waals surface area contributed by atoms with E-state index in [1.54, 1.807) is 0 Å². The molecular formula is C11H20ClF2NO. The van der Waals surface area contributed by atoms with Crippen molar-refractivity contribution in [1.29, 1.82) is 0 Å². The zero-order valence-corrected chi connectivity index (χ0v) is 10.5. The van der Waals surface area contributed by atoms with Gasteiger partial charge in [-0.15, -0.1) is 12.4 Å². The van der Waals surface area contributed by atoms with Crippen LogP contribution in [-0.2, 0) is 0 Å². The van der Waals surface area contributed by atoms with Gasteiger partial charge in [-0.25, -0.2) is 8.78 Å². The Morgan fingerprint density at radius 2 is 1.81 bits per heavy atom. The molecule has 1 saturated heterocycles. The van der Waals surface area contributed by atoms with Gasteiger partial charge < -0.3 is 10.4 Å². The average molecular weight is 256 g/mol. The molecule has 0 aromatic heterocycles. The van der Waals surface area contributed by atoms with Crippen LogP contribution in [0.3, 0.4) is 0 Å². The molecule has 0 bridgehead atoms. The first-order valence-corrected chi connectivity index (χ1v) is 5.57. The quantitative estimate of drug-likeness (QED) is 0.794. The molecular weight excluding hydrogens is 236 g/mol. The Morgan fingerprint density at radius 1 is 1.25 bits per heavy atom. The maximum absolute atomic E-state index is 13.3.